The van der Waals surface area contributed by atoms with Gasteiger partial charge in [-0.1, -0.05) is 48.5 Å². The Kier molecular flexibility index (Phi) is 4.73. The number of nitrogens with zero attached hydrogens (tertiary/aromatic N) is 3. The van der Waals surface area contributed by atoms with Gasteiger partial charge in [-0.3, -0.25) is 29.1 Å². The molecule has 4 amide bonds. The van der Waals surface area contributed by atoms with Crippen LogP contribution in [0.5, 0.6) is 5.75 Å². The summed E-state index contributed by atoms with van der Waals surface area (Å²) < 4.78 is 5.37. The van der Waals surface area contributed by atoms with Crippen molar-refractivity contribution in [3.63, 3.8) is 0 Å². The summed E-state index contributed by atoms with van der Waals surface area (Å²) in [4.78, 5) is 61.4. The van der Waals surface area contributed by atoms with E-state index in [1.807, 2.05) is 54.6 Å². The number of ketones is 1. The average Bonchev–Trinajstić information content (AvgIpc) is 3.59. The molecule has 3 heterocycles. The summed E-state index contributed by atoms with van der Waals surface area (Å²) in [6.07, 6.45) is 0. The number of barbiturate groups is 1. The number of hydrogen-bond donors (Lipinski definition) is 0. The quantitative estimate of drug-likeness (QED) is 0.472. The Balaban J connectivity index is 1.63. The summed E-state index contributed by atoms with van der Waals surface area (Å²) in [5, 5.41) is 1.65. The number of Topliss-reactive ketones (excluding diaryl/α,β-unsaturated/α-hetero) is 1. The van der Waals surface area contributed by atoms with Crippen LogP contribution in [-0.4, -0.2) is 77.2 Å². The van der Waals surface area contributed by atoms with Gasteiger partial charge in [0.1, 0.15) is 11.3 Å². The fraction of sp³-hybridized carbons (Fsp3) is 0.310. The molecule has 7 rings (SSSR count). The SMILES string of the molecule is COc1ccc([C@@H]2[C@@H]3CSCN3[C@@]3(C(=O)c4cccc5cccc3c45)C23C(=O)N(C)C(=O)N(C)C3=O)cc1. The summed E-state index contributed by atoms with van der Waals surface area (Å²) in [7, 11) is 4.38. The molecule has 4 aliphatic rings. The molecule has 8 nitrogen and oxygen atoms in total. The van der Waals surface area contributed by atoms with E-state index in [-0.39, 0.29) is 11.8 Å². The minimum absolute atomic E-state index is 0.259. The van der Waals surface area contributed by atoms with Crippen LogP contribution < -0.4 is 4.74 Å². The maximum absolute atomic E-state index is 14.9. The maximum atomic E-state index is 14.9. The fourth-order valence-corrected chi connectivity index (χ4v) is 8.82. The lowest BCUT2D eigenvalue weighted by Crippen LogP contribution is -2.72. The Labute approximate surface area is 223 Å². The number of methoxy groups -OCH3 is 1. The third kappa shape index (κ3) is 2.38. The van der Waals surface area contributed by atoms with Crippen LogP contribution in [0.15, 0.2) is 60.7 Å². The second-order valence-corrected chi connectivity index (χ2v) is 11.4. The highest BCUT2D eigenvalue weighted by atomic mass is 32.2. The molecule has 1 aliphatic carbocycles. The molecule has 3 aliphatic heterocycles. The summed E-state index contributed by atoms with van der Waals surface area (Å²) in [6.45, 7) is 0. The van der Waals surface area contributed by atoms with Crippen LogP contribution in [0.2, 0.25) is 0 Å². The van der Waals surface area contributed by atoms with E-state index in [1.54, 1.807) is 24.9 Å². The highest BCUT2D eigenvalue weighted by Gasteiger charge is 2.83. The first-order valence-corrected chi connectivity index (χ1v) is 13.6. The van der Waals surface area contributed by atoms with E-state index < -0.39 is 34.7 Å². The van der Waals surface area contributed by atoms with E-state index in [0.717, 1.165) is 26.1 Å². The van der Waals surface area contributed by atoms with Crippen molar-refractivity contribution in [1.82, 2.24) is 14.7 Å². The molecule has 192 valence electrons. The first-order chi connectivity index (χ1) is 18.3. The van der Waals surface area contributed by atoms with Crippen molar-refractivity contribution in [3.05, 3.63) is 77.4 Å². The molecule has 2 spiro atoms. The molecular formula is C29H25N3O5S. The fourth-order valence-electron chi connectivity index (χ4n) is 7.52. The number of hydrogen-bond acceptors (Lipinski definition) is 7. The Morgan fingerprint density at radius 1 is 0.895 bits per heavy atom. The number of fused-ring (bicyclic) bond motifs is 4. The first-order valence-electron chi connectivity index (χ1n) is 12.5. The number of amides is 4. The predicted octanol–water partition coefficient (Wildman–Crippen LogP) is 3.45. The molecule has 3 aromatic rings. The van der Waals surface area contributed by atoms with Gasteiger partial charge in [0.2, 0.25) is 11.8 Å². The van der Waals surface area contributed by atoms with E-state index in [0.29, 0.717) is 28.5 Å². The predicted molar refractivity (Wildman–Crippen MR) is 142 cm³/mol. The lowest BCUT2D eigenvalue weighted by Gasteiger charge is -2.50. The summed E-state index contributed by atoms with van der Waals surface area (Å²) in [6, 6.07) is 17.6. The lowest BCUT2D eigenvalue weighted by atomic mass is 9.57. The van der Waals surface area contributed by atoms with Crippen molar-refractivity contribution in [2.75, 3.05) is 32.8 Å². The lowest BCUT2D eigenvalue weighted by molar-refractivity contribution is -0.163. The van der Waals surface area contributed by atoms with Crippen LogP contribution in [0.4, 0.5) is 4.79 Å². The van der Waals surface area contributed by atoms with E-state index in [2.05, 4.69) is 4.90 Å². The number of urea groups is 1. The van der Waals surface area contributed by atoms with E-state index in [9.17, 15) is 19.2 Å². The van der Waals surface area contributed by atoms with Gasteiger partial charge in [-0.05, 0) is 34.0 Å². The average molecular weight is 528 g/mol. The molecule has 0 unspecified atom stereocenters. The van der Waals surface area contributed by atoms with Crippen LogP contribution in [0.3, 0.4) is 0 Å². The van der Waals surface area contributed by atoms with Crippen LogP contribution in [0.25, 0.3) is 10.8 Å². The monoisotopic (exact) mass is 527 g/mol. The zero-order chi connectivity index (χ0) is 26.6. The van der Waals surface area contributed by atoms with Gasteiger partial charge in [0.15, 0.2) is 11.2 Å². The smallest absolute Gasteiger partial charge is 0.332 e. The Hall–Kier alpha value is -3.69. The number of benzene rings is 3. The standard InChI is InChI=1S/C29H25N3O5S/c1-30-25(34)28(26(35)31(2)27(30)36)23(17-10-12-18(37-3)13-11-17)21-14-38-15-32(21)29(28)20-9-5-7-16-6-4-8-19(22(16)20)24(29)33/h4-13,21,23H,14-15H2,1-3H3/t21-,23+,29-/m0/s1. The minimum atomic E-state index is -1.88. The molecule has 3 aromatic carbocycles. The molecule has 38 heavy (non-hydrogen) atoms. The number of carbonyl (C=O) groups is 4. The number of imide groups is 2. The molecule has 0 N–H and O–H groups in total. The zero-order valence-electron chi connectivity index (χ0n) is 21.1. The van der Waals surface area contributed by atoms with E-state index in [4.69, 9.17) is 4.74 Å². The second-order valence-electron chi connectivity index (χ2n) is 10.4. The number of thioether (sulfide) groups is 1. The van der Waals surface area contributed by atoms with Crippen LogP contribution in [0.1, 0.15) is 27.4 Å². The van der Waals surface area contributed by atoms with Gasteiger partial charge in [0.05, 0.1) is 7.11 Å². The Morgan fingerprint density at radius 3 is 2.21 bits per heavy atom. The summed E-state index contributed by atoms with van der Waals surface area (Å²) >= 11 is 1.69. The van der Waals surface area contributed by atoms with Gasteiger partial charge in [0, 0.05) is 43.2 Å². The summed E-state index contributed by atoms with van der Waals surface area (Å²) in [5.41, 5.74) is -1.54. The molecule has 0 aromatic heterocycles. The Morgan fingerprint density at radius 2 is 1.55 bits per heavy atom. The van der Waals surface area contributed by atoms with E-state index in [1.165, 1.54) is 14.1 Å². The van der Waals surface area contributed by atoms with Crippen molar-refractivity contribution in [2.24, 2.45) is 5.41 Å². The van der Waals surface area contributed by atoms with Crippen molar-refractivity contribution in [2.45, 2.75) is 17.5 Å². The van der Waals surface area contributed by atoms with Crippen LogP contribution >= 0.6 is 11.8 Å². The molecular weight excluding hydrogens is 502 g/mol. The minimum Gasteiger partial charge on any atom is -0.497 e. The number of ether oxygens (including phenoxy) is 1. The summed E-state index contributed by atoms with van der Waals surface area (Å²) in [5.74, 6) is -0.430. The number of rotatable bonds is 2. The second kappa shape index (κ2) is 7.68. The van der Waals surface area contributed by atoms with Crippen molar-refractivity contribution in [1.29, 1.82) is 0 Å². The van der Waals surface area contributed by atoms with Crippen molar-refractivity contribution in [3.8, 4) is 5.75 Å². The molecule has 0 bridgehead atoms. The van der Waals surface area contributed by atoms with Crippen molar-refractivity contribution >= 4 is 46.2 Å². The third-order valence-electron chi connectivity index (χ3n) is 8.97. The highest BCUT2D eigenvalue weighted by molar-refractivity contribution is 7.99. The Bertz CT molecular complexity index is 1560. The molecule has 0 radical (unpaired) electrons. The normalized spacial score (nSPS) is 27.9. The zero-order valence-corrected chi connectivity index (χ0v) is 22.0. The van der Waals surface area contributed by atoms with Gasteiger partial charge < -0.3 is 4.74 Å². The molecule has 3 fully saturated rings. The highest BCUT2D eigenvalue weighted by Crippen LogP contribution is 2.69. The molecule has 3 atom stereocenters. The molecule has 3 saturated heterocycles. The van der Waals surface area contributed by atoms with E-state index >= 15 is 0 Å². The van der Waals surface area contributed by atoms with Gasteiger partial charge >= 0.3 is 6.03 Å². The largest absolute Gasteiger partial charge is 0.497 e. The maximum Gasteiger partial charge on any atom is 0.332 e. The topological polar surface area (TPSA) is 87.2 Å². The van der Waals surface area contributed by atoms with Crippen LogP contribution in [0, 0.1) is 5.41 Å². The van der Waals surface area contributed by atoms with Crippen LogP contribution in [-0.2, 0) is 15.1 Å². The van der Waals surface area contributed by atoms with Crippen molar-refractivity contribution < 1.29 is 23.9 Å². The van der Waals surface area contributed by atoms with Gasteiger partial charge in [-0.15, -0.1) is 11.8 Å². The van der Waals surface area contributed by atoms with Gasteiger partial charge in [-0.25, -0.2) is 4.79 Å². The first kappa shape index (κ1) is 23.4. The third-order valence-corrected chi connectivity index (χ3v) is 10.0. The molecule has 0 saturated carbocycles. The van der Waals surface area contributed by atoms with Gasteiger partial charge in [0.25, 0.3) is 0 Å². The van der Waals surface area contributed by atoms with Gasteiger partial charge in [-0.2, -0.15) is 0 Å². The molecule has 9 heteroatoms. The number of carbonyl (C=O) groups excluding carboxylic acids is 4.